The number of hydrazone groups is 1. The fourth-order valence-corrected chi connectivity index (χ4v) is 2.60. The Labute approximate surface area is 143 Å². The van der Waals surface area contributed by atoms with Crippen molar-refractivity contribution < 1.29 is 9.72 Å². The Balaban J connectivity index is 1.75. The van der Waals surface area contributed by atoms with Gasteiger partial charge in [-0.2, -0.15) is 5.10 Å². The highest BCUT2D eigenvalue weighted by atomic mass is 16.6. The molecule has 7 heteroatoms. The Hall–Kier alpha value is -3.48. The smallest absolute Gasteiger partial charge is 0.271 e. The van der Waals surface area contributed by atoms with Crippen molar-refractivity contribution in [2.45, 2.75) is 13.5 Å². The summed E-state index contributed by atoms with van der Waals surface area (Å²) in [4.78, 5) is 22.2. The maximum atomic E-state index is 12.0. The average Bonchev–Trinajstić information content (AvgIpc) is 3.00. The molecule has 0 unspecified atom stereocenters. The number of aryl methyl sites for hydroxylation is 1. The minimum Gasteiger partial charge on any atom is -0.347 e. The van der Waals surface area contributed by atoms with Crippen LogP contribution in [0.15, 0.2) is 59.8 Å². The van der Waals surface area contributed by atoms with Gasteiger partial charge in [0.1, 0.15) is 0 Å². The van der Waals surface area contributed by atoms with Crippen molar-refractivity contribution in [3.8, 4) is 0 Å². The quantitative estimate of drug-likeness (QED) is 0.440. The third-order valence-electron chi connectivity index (χ3n) is 3.87. The fourth-order valence-electron chi connectivity index (χ4n) is 2.60. The summed E-state index contributed by atoms with van der Waals surface area (Å²) >= 11 is 0. The van der Waals surface area contributed by atoms with Gasteiger partial charge in [0.25, 0.3) is 11.6 Å². The number of non-ortho nitro benzene ring substituents is 1. The van der Waals surface area contributed by atoms with E-state index >= 15 is 0 Å². The summed E-state index contributed by atoms with van der Waals surface area (Å²) in [6.45, 7) is 2.90. The van der Waals surface area contributed by atoms with Gasteiger partial charge >= 0.3 is 0 Å². The van der Waals surface area contributed by atoms with Gasteiger partial charge in [0.2, 0.25) is 0 Å². The first-order valence-electron chi connectivity index (χ1n) is 7.76. The van der Waals surface area contributed by atoms with Crippen LogP contribution in [0.25, 0.3) is 10.9 Å². The van der Waals surface area contributed by atoms with Crippen molar-refractivity contribution >= 4 is 28.7 Å². The molecule has 126 valence electrons. The van der Waals surface area contributed by atoms with Crippen molar-refractivity contribution in [1.82, 2.24) is 9.99 Å². The van der Waals surface area contributed by atoms with Crippen LogP contribution in [0.4, 0.5) is 5.69 Å². The maximum Gasteiger partial charge on any atom is 0.271 e. The number of carbonyl (C=O) groups excluding carboxylic acids is 1. The van der Waals surface area contributed by atoms with E-state index < -0.39 is 10.8 Å². The highest BCUT2D eigenvalue weighted by Crippen LogP contribution is 2.19. The Morgan fingerprint density at radius 3 is 2.64 bits per heavy atom. The van der Waals surface area contributed by atoms with E-state index in [1.807, 2.05) is 30.5 Å². The molecule has 3 rings (SSSR count). The molecule has 0 fully saturated rings. The summed E-state index contributed by atoms with van der Waals surface area (Å²) in [6.07, 6.45) is 3.57. The summed E-state index contributed by atoms with van der Waals surface area (Å²) in [5.74, 6) is -0.426. The van der Waals surface area contributed by atoms with Crippen LogP contribution >= 0.6 is 0 Å². The predicted molar refractivity (Wildman–Crippen MR) is 95.8 cm³/mol. The van der Waals surface area contributed by atoms with E-state index in [4.69, 9.17) is 0 Å². The first-order chi connectivity index (χ1) is 12.1. The molecule has 0 radical (unpaired) electrons. The third-order valence-corrected chi connectivity index (χ3v) is 3.87. The summed E-state index contributed by atoms with van der Waals surface area (Å²) in [6, 6.07) is 13.3. The van der Waals surface area contributed by atoms with E-state index in [0.717, 1.165) is 23.0 Å². The largest absolute Gasteiger partial charge is 0.347 e. The molecule has 1 amide bonds. The number of nitro benzene ring substituents is 1. The monoisotopic (exact) mass is 336 g/mol. The second-order valence-electron chi connectivity index (χ2n) is 5.39. The molecule has 1 N–H and O–H groups in total. The number of rotatable bonds is 5. The first kappa shape index (κ1) is 16.4. The fraction of sp³-hybridized carbons (Fsp3) is 0.111. The molecule has 1 heterocycles. The molecular formula is C18H16N4O3. The molecular weight excluding hydrogens is 320 g/mol. The lowest BCUT2D eigenvalue weighted by Gasteiger charge is -1.99. The number of hydrogen-bond acceptors (Lipinski definition) is 4. The molecule has 0 spiro atoms. The number of nitrogens with zero attached hydrogens (tertiary/aromatic N) is 3. The number of hydrogen-bond donors (Lipinski definition) is 1. The van der Waals surface area contributed by atoms with Crippen LogP contribution in [0.3, 0.4) is 0 Å². The van der Waals surface area contributed by atoms with Crippen LogP contribution < -0.4 is 5.43 Å². The van der Waals surface area contributed by atoms with Crippen LogP contribution in [0.1, 0.15) is 22.8 Å². The Kier molecular flexibility index (Phi) is 4.56. The van der Waals surface area contributed by atoms with E-state index in [2.05, 4.69) is 22.0 Å². The van der Waals surface area contributed by atoms with Crippen molar-refractivity contribution in [1.29, 1.82) is 0 Å². The molecule has 0 aliphatic carbocycles. The van der Waals surface area contributed by atoms with Crippen LogP contribution in [0, 0.1) is 10.1 Å². The van der Waals surface area contributed by atoms with E-state index in [9.17, 15) is 14.9 Å². The van der Waals surface area contributed by atoms with Gasteiger partial charge in [-0.3, -0.25) is 14.9 Å². The molecule has 1 aromatic heterocycles. The van der Waals surface area contributed by atoms with Gasteiger partial charge in [-0.25, -0.2) is 5.43 Å². The first-order valence-corrected chi connectivity index (χ1v) is 7.76. The SMILES string of the molecule is CCn1cc(/C=N\NC(=O)c2ccc([N+](=O)[O-])cc2)c2ccccc21. The van der Waals surface area contributed by atoms with Gasteiger partial charge in [-0.05, 0) is 25.1 Å². The van der Waals surface area contributed by atoms with Gasteiger partial charge in [-0.1, -0.05) is 18.2 Å². The summed E-state index contributed by atoms with van der Waals surface area (Å²) in [7, 11) is 0. The van der Waals surface area contributed by atoms with Gasteiger partial charge in [-0.15, -0.1) is 0 Å². The summed E-state index contributed by atoms with van der Waals surface area (Å²) < 4.78 is 2.11. The molecule has 25 heavy (non-hydrogen) atoms. The predicted octanol–water partition coefficient (Wildman–Crippen LogP) is 3.33. The van der Waals surface area contributed by atoms with Crippen LogP contribution in [0.5, 0.6) is 0 Å². The van der Waals surface area contributed by atoms with Crippen LogP contribution in [-0.4, -0.2) is 21.6 Å². The maximum absolute atomic E-state index is 12.0. The Bertz CT molecular complexity index is 958. The highest BCUT2D eigenvalue weighted by Gasteiger charge is 2.09. The average molecular weight is 336 g/mol. The lowest BCUT2D eigenvalue weighted by Crippen LogP contribution is -2.17. The molecule has 3 aromatic rings. The molecule has 2 aromatic carbocycles. The normalized spacial score (nSPS) is 11.1. The van der Waals surface area contributed by atoms with E-state index in [-0.39, 0.29) is 5.69 Å². The number of nitrogens with one attached hydrogen (secondary N) is 1. The zero-order valence-corrected chi connectivity index (χ0v) is 13.5. The summed E-state index contributed by atoms with van der Waals surface area (Å²) in [5, 5.41) is 15.7. The molecule has 0 atom stereocenters. The number of nitro groups is 1. The lowest BCUT2D eigenvalue weighted by atomic mass is 10.2. The van der Waals surface area contributed by atoms with Crippen LogP contribution in [-0.2, 0) is 6.54 Å². The molecule has 0 saturated carbocycles. The van der Waals surface area contributed by atoms with E-state index in [0.29, 0.717) is 5.56 Å². The molecule has 7 nitrogen and oxygen atoms in total. The van der Waals surface area contributed by atoms with Crippen LogP contribution in [0.2, 0.25) is 0 Å². The van der Waals surface area contributed by atoms with Crippen molar-refractivity contribution in [3.63, 3.8) is 0 Å². The molecule has 0 saturated heterocycles. The van der Waals surface area contributed by atoms with Crippen molar-refractivity contribution in [2.75, 3.05) is 0 Å². The minimum absolute atomic E-state index is 0.0626. The molecule has 0 bridgehead atoms. The number of carbonyl (C=O) groups is 1. The van der Waals surface area contributed by atoms with Gasteiger partial charge < -0.3 is 4.57 Å². The number of benzene rings is 2. The number of aromatic nitrogens is 1. The Morgan fingerprint density at radius 2 is 1.96 bits per heavy atom. The summed E-state index contributed by atoms with van der Waals surface area (Å²) in [5.41, 5.74) is 4.69. The highest BCUT2D eigenvalue weighted by molar-refractivity contribution is 6.00. The standard InChI is InChI=1S/C18H16N4O3/c1-2-21-12-14(16-5-3-4-6-17(16)21)11-19-20-18(23)13-7-9-15(10-8-13)22(24)25/h3-12H,2H2,1H3,(H,20,23)/b19-11-. The topological polar surface area (TPSA) is 89.5 Å². The van der Waals surface area contributed by atoms with Crippen molar-refractivity contribution in [2.24, 2.45) is 5.10 Å². The molecule has 0 aliphatic rings. The van der Waals surface area contributed by atoms with Gasteiger partial charge in [0, 0.05) is 46.9 Å². The van der Waals surface area contributed by atoms with Gasteiger partial charge in [0.05, 0.1) is 11.1 Å². The lowest BCUT2D eigenvalue weighted by molar-refractivity contribution is -0.384. The number of amides is 1. The second kappa shape index (κ2) is 6.96. The number of fused-ring (bicyclic) bond motifs is 1. The minimum atomic E-state index is -0.511. The third kappa shape index (κ3) is 3.40. The number of para-hydroxylation sites is 1. The molecule has 0 aliphatic heterocycles. The van der Waals surface area contributed by atoms with Gasteiger partial charge in [0.15, 0.2) is 0 Å². The zero-order valence-electron chi connectivity index (χ0n) is 13.5. The van der Waals surface area contributed by atoms with Crippen molar-refractivity contribution in [3.05, 3.63) is 76.0 Å². The Morgan fingerprint density at radius 1 is 1.24 bits per heavy atom. The zero-order chi connectivity index (χ0) is 17.8. The van der Waals surface area contributed by atoms with E-state index in [1.165, 1.54) is 24.3 Å². The second-order valence-corrected chi connectivity index (χ2v) is 5.39. The van der Waals surface area contributed by atoms with E-state index in [1.54, 1.807) is 6.21 Å².